The van der Waals surface area contributed by atoms with E-state index in [1.807, 2.05) is 64.1 Å². The van der Waals surface area contributed by atoms with Crippen molar-refractivity contribution in [2.75, 3.05) is 19.0 Å². The highest BCUT2D eigenvalue weighted by Gasteiger charge is 2.33. The van der Waals surface area contributed by atoms with Gasteiger partial charge < -0.3 is 19.5 Å². The summed E-state index contributed by atoms with van der Waals surface area (Å²) < 4.78 is 19.8. The quantitative estimate of drug-likeness (QED) is 0.369. The van der Waals surface area contributed by atoms with Gasteiger partial charge in [-0.25, -0.2) is 4.98 Å². The second-order valence-corrected chi connectivity index (χ2v) is 9.71. The first-order valence-corrected chi connectivity index (χ1v) is 12.5. The van der Waals surface area contributed by atoms with Crippen LogP contribution in [0.3, 0.4) is 0 Å². The fourth-order valence-corrected chi connectivity index (χ4v) is 5.41. The highest BCUT2D eigenvalue weighted by molar-refractivity contribution is 7.20. The number of methoxy groups -OCH3 is 1. The largest absolute Gasteiger partial charge is 0.494 e. The molecule has 0 fully saturated rings. The summed E-state index contributed by atoms with van der Waals surface area (Å²) in [4.78, 5) is 17.6. The van der Waals surface area contributed by atoms with Gasteiger partial charge in [0.25, 0.3) is 0 Å². The van der Waals surface area contributed by atoms with Crippen LogP contribution in [0.5, 0.6) is 17.2 Å². The topological polar surface area (TPSA) is 87.5 Å². The normalized spacial score (nSPS) is 15.3. The number of carbonyl (C=O) groups excluding carboxylic acids is 1. The number of fused-ring (bicyclic) bond motifs is 2. The number of ether oxygens (including phenoxy) is 3. The summed E-state index contributed by atoms with van der Waals surface area (Å²) in [5.74, 6) is 2.57. The van der Waals surface area contributed by atoms with E-state index in [1.54, 1.807) is 11.8 Å². The number of aromatic nitrogens is 3. The van der Waals surface area contributed by atoms with E-state index in [9.17, 15) is 4.79 Å². The average Bonchev–Trinajstić information content (AvgIpc) is 3.39. The molecule has 0 aliphatic carbocycles. The Kier molecular flexibility index (Phi) is 6.10. The fourth-order valence-electron chi connectivity index (χ4n) is 4.46. The highest BCUT2D eigenvalue weighted by Crippen LogP contribution is 2.43. The van der Waals surface area contributed by atoms with E-state index in [2.05, 4.69) is 5.32 Å². The van der Waals surface area contributed by atoms with Crippen LogP contribution in [0.4, 0.5) is 5.82 Å². The van der Waals surface area contributed by atoms with Crippen molar-refractivity contribution in [1.82, 2.24) is 14.8 Å². The Balaban J connectivity index is 1.57. The van der Waals surface area contributed by atoms with Crippen LogP contribution in [0, 0.1) is 6.92 Å². The molecule has 1 aliphatic heterocycles. The van der Waals surface area contributed by atoms with Gasteiger partial charge in [0.1, 0.15) is 11.6 Å². The lowest BCUT2D eigenvalue weighted by Gasteiger charge is -2.25. The van der Waals surface area contributed by atoms with Crippen molar-refractivity contribution in [3.63, 3.8) is 0 Å². The van der Waals surface area contributed by atoms with Crippen molar-refractivity contribution in [3.8, 4) is 22.4 Å². The predicted molar refractivity (Wildman–Crippen MR) is 136 cm³/mol. The number of aryl methyl sites for hydroxylation is 1. The Morgan fingerprint density at radius 1 is 1.20 bits per heavy atom. The van der Waals surface area contributed by atoms with Gasteiger partial charge in [-0.1, -0.05) is 17.4 Å². The van der Waals surface area contributed by atoms with Crippen LogP contribution in [0.1, 0.15) is 49.9 Å². The van der Waals surface area contributed by atoms with Crippen molar-refractivity contribution < 1.29 is 19.0 Å². The van der Waals surface area contributed by atoms with Gasteiger partial charge in [0.15, 0.2) is 11.5 Å². The van der Waals surface area contributed by atoms with E-state index in [-0.39, 0.29) is 17.9 Å². The lowest BCUT2D eigenvalue weighted by atomic mass is 9.85. The summed E-state index contributed by atoms with van der Waals surface area (Å²) in [7, 11) is 1.62. The Hall–Kier alpha value is -3.59. The molecule has 0 saturated heterocycles. The maximum atomic E-state index is 12.8. The maximum Gasteiger partial charge on any atom is 0.226 e. The molecule has 0 unspecified atom stereocenters. The van der Waals surface area contributed by atoms with Gasteiger partial charge in [-0.05, 0) is 63.6 Å². The molecular weight excluding hydrogens is 464 g/mol. The Morgan fingerprint density at radius 3 is 2.77 bits per heavy atom. The van der Waals surface area contributed by atoms with Crippen LogP contribution in [-0.2, 0) is 4.79 Å². The first-order chi connectivity index (χ1) is 16.9. The third kappa shape index (κ3) is 4.32. The van der Waals surface area contributed by atoms with E-state index in [1.165, 1.54) is 11.3 Å². The third-order valence-electron chi connectivity index (χ3n) is 5.90. The number of amides is 1. The molecule has 1 atom stereocenters. The molecule has 0 radical (unpaired) electrons. The number of nitrogens with zero attached hydrogens (tertiary/aromatic N) is 3. The molecule has 9 heteroatoms. The summed E-state index contributed by atoms with van der Waals surface area (Å²) in [5.41, 5.74) is 3.67. The smallest absolute Gasteiger partial charge is 0.226 e. The van der Waals surface area contributed by atoms with Crippen molar-refractivity contribution in [1.29, 1.82) is 0 Å². The molecular formula is C26H28N4O4S. The summed E-state index contributed by atoms with van der Waals surface area (Å²) in [6, 6.07) is 11.7. The summed E-state index contributed by atoms with van der Waals surface area (Å²) >= 11 is 1.51. The van der Waals surface area contributed by atoms with Gasteiger partial charge in [0.2, 0.25) is 11.0 Å². The molecule has 4 aromatic rings. The number of nitrogens with one attached hydrogen (secondary N) is 1. The minimum absolute atomic E-state index is 0.0284. The van der Waals surface area contributed by atoms with Crippen LogP contribution >= 0.6 is 11.3 Å². The Morgan fingerprint density at radius 2 is 2.03 bits per heavy atom. The molecule has 3 heterocycles. The molecule has 2 aromatic heterocycles. The zero-order chi connectivity index (χ0) is 24.7. The van der Waals surface area contributed by atoms with Gasteiger partial charge in [-0.15, -0.1) is 0 Å². The highest BCUT2D eigenvalue weighted by atomic mass is 32.1. The molecule has 1 aliphatic rings. The number of thiazole rings is 1. The Labute approximate surface area is 207 Å². The molecule has 0 spiro atoms. The van der Waals surface area contributed by atoms with E-state index < -0.39 is 0 Å². The lowest BCUT2D eigenvalue weighted by molar-refractivity contribution is -0.116. The molecule has 0 saturated carbocycles. The van der Waals surface area contributed by atoms with Crippen LogP contribution in [0.2, 0.25) is 0 Å². The molecule has 5 rings (SSSR count). The summed E-state index contributed by atoms with van der Waals surface area (Å²) in [6.45, 7) is 8.48. The number of benzene rings is 2. The van der Waals surface area contributed by atoms with Gasteiger partial charge >= 0.3 is 0 Å². The molecule has 182 valence electrons. The SMILES string of the molecule is CCOc1ccc2nc(-n3nc(C)c4c3NC(=O)C[C@H]4c3ccc(OC(C)C)c(OC)c3)sc2c1. The molecule has 2 aromatic carbocycles. The second-order valence-electron chi connectivity index (χ2n) is 8.70. The van der Waals surface area contributed by atoms with E-state index >= 15 is 0 Å². The number of rotatable bonds is 7. The first-order valence-electron chi connectivity index (χ1n) is 11.7. The summed E-state index contributed by atoms with van der Waals surface area (Å²) in [5, 5.41) is 8.52. The monoisotopic (exact) mass is 492 g/mol. The first kappa shape index (κ1) is 23.2. The molecule has 0 bridgehead atoms. The number of hydrogen-bond acceptors (Lipinski definition) is 7. The number of carbonyl (C=O) groups is 1. The van der Waals surface area contributed by atoms with E-state index in [0.717, 1.165) is 32.8 Å². The predicted octanol–water partition coefficient (Wildman–Crippen LogP) is 5.46. The van der Waals surface area contributed by atoms with Crippen LogP contribution < -0.4 is 19.5 Å². The van der Waals surface area contributed by atoms with Gasteiger partial charge in [-0.2, -0.15) is 9.78 Å². The molecule has 35 heavy (non-hydrogen) atoms. The number of anilines is 1. The molecule has 1 N–H and O–H groups in total. The maximum absolute atomic E-state index is 12.8. The van der Waals surface area contributed by atoms with Crippen LogP contribution in [-0.4, -0.2) is 40.5 Å². The van der Waals surface area contributed by atoms with E-state index in [0.29, 0.717) is 35.5 Å². The zero-order valence-electron chi connectivity index (χ0n) is 20.4. The second kappa shape index (κ2) is 9.22. The van der Waals surface area contributed by atoms with Crippen molar-refractivity contribution >= 4 is 33.3 Å². The minimum Gasteiger partial charge on any atom is -0.494 e. The van der Waals surface area contributed by atoms with Crippen LogP contribution in [0.15, 0.2) is 36.4 Å². The van der Waals surface area contributed by atoms with E-state index in [4.69, 9.17) is 24.3 Å². The zero-order valence-corrected chi connectivity index (χ0v) is 21.2. The fraction of sp³-hybridized carbons (Fsp3) is 0.346. The number of hydrogen-bond donors (Lipinski definition) is 1. The van der Waals surface area contributed by atoms with Crippen molar-refractivity contribution in [2.45, 2.75) is 46.1 Å². The van der Waals surface area contributed by atoms with Crippen molar-refractivity contribution in [2.24, 2.45) is 0 Å². The van der Waals surface area contributed by atoms with Gasteiger partial charge in [-0.3, -0.25) is 4.79 Å². The Bertz CT molecular complexity index is 1410. The average molecular weight is 493 g/mol. The van der Waals surface area contributed by atoms with Crippen molar-refractivity contribution in [3.05, 3.63) is 53.2 Å². The summed E-state index contributed by atoms with van der Waals surface area (Å²) in [6.07, 6.45) is 0.352. The minimum atomic E-state index is -0.159. The molecule has 1 amide bonds. The molecule has 8 nitrogen and oxygen atoms in total. The van der Waals surface area contributed by atoms with Gasteiger partial charge in [0, 0.05) is 17.9 Å². The van der Waals surface area contributed by atoms with Crippen LogP contribution in [0.25, 0.3) is 15.3 Å². The standard InChI is InChI=1S/C26H28N4O4S/c1-6-33-17-8-9-19-22(12-17)35-26(27-19)30-25-24(15(4)29-30)18(13-23(31)28-25)16-7-10-20(34-14(2)3)21(11-16)32-5/h7-12,14,18H,6,13H2,1-5H3,(H,28,31)/t18-/m0/s1. The third-order valence-corrected chi connectivity index (χ3v) is 6.89. The lowest BCUT2D eigenvalue weighted by Crippen LogP contribution is -2.25. The van der Waals surface area contributed by atoms with Gasteiger partial charge in [0.05, 0.1) is 35.7 Å².